The molecule has 4 heterocycles. The van der Waals surface area contributed by atoms with Crippen LogP contribution >= 0.6 is 11.8 Å². The first-order valence-corrected chi connectivity index (χ1v) is 15.0. The van der Waals surface area contributed by atoms with Gasteiger partial charge in [-0.15, -0.1) is 11.8 Å². The molecule has 0 saturated carbocycles. The molecular formula is C32H43N5OS. The molecule has 208 valence electrons. The predicted molar refractivity (Wildman–Crippen MR) is 168 cm³/mol. The second-order valence-corrected chi connectivity index (χ2v) is 10.4. The van der Waals surface area contributed by atoms with Crippen molar-refractivity contribution in [2.45, 2.75) is 52.5 Å². The van der Waals surface area contributed by atoms with E-state index in [0.29, 0.717) is 4.90 Å². The van der Waals surface area contributed by atoms with Gasteiger partial charge < -0.3 is 4.90 Å². The van der Waals surface area contributed by atoms with Crippen molar-refractivity contribution in [2.24, 2.45) is 0 Å². The standard InChI is InChI=1S/C25H27N5OS.C5H10.C2H6/c1-3-4-18-13-23-24(32-16-18)25(31)30(17-26-23)21-7-8-22-19(14-21)5-6-20(27-22)15-29-11-9-28(2)10-12-29;1-3-5-4-2;1-2/h3-8,13-14,17H,9-12,15-16H2,1-2H3;3,5H,4H2,1-2H3;1-2H3/b4-3+;5-3-;. The quantitative estimate of drug-likeness (QED) is 0.337. The van der Waals surface area contributed by atoms with E-state index in [1.165, 1.54) is 5.57 Å². The molecule has 2 aromatic heterocycles. The third-order valence-electron chi connectivity index (χ3n) is 6.51. The van der Waals surface area contributed by atoms with Crippen LogP contribution in [0.25, 0.3) is 22.7 Å². The van der Waals surface area contributed by atoms with Gasteiger partial charge in [0.25, 0.3) is 5.56 Å². The number of aromatic nitrogens is 3. The first-order valence-electron chi connectivity index (χ1n) is 14.0. The minimum Gasteiger partial charge on any atom is -0.304 e. The molecule has 5 rings (SSSR count). The van der Waals surface area contributed by atoms with Gasteiger partial charge in [0, 0.05) is 43.9 Å². The third-order valence-corrected chi connectivity index (χ3v) is 7.66. The van der Waals surface area contributed by atoms with Crippen molar-refractivity contribution in [3.63, 3.8) is 0 Å². The zero-order valence-corrected chi connectivity index (χ0v) is 25.2. The van der Waals surface area contributed by atoms with E-state index in [2.05, 4.69) is 59.1 Å². The van der Waals surface area contributed by atoms with Gasteiger partial charge in [-0.25, -0.2) is 4.98 Å². The van der Waals surface area contributed by atoms with Crippen LogP contribution in [0.3, 0.4) is 0 Å². The fourth-order valence-corrected chi connectivity index (χ4v) is 5.39. The SMILES string of the molecule is C/C=C/C1=Cc2ncn(-c3ccc4nc(CN5CCN(C)CC5)ccc4c3)c(=O)c2SC1.C/C=C\CC.CC. The van der Waals surface area contributed by atoms with Crippen molar-refractivity contribution in [1.82, 2.24) is 24.3 Å². The van der Waals surface area contributed by atoms with E-state index in [1.54, 1.807) is 22.7 Å². The molecule has 0 radical (unpaired) electrons. The van der Waals surface area contributed by atoms with Crippen LogP contribution in [0.2, 0.25) is 0 Å². The molecule has 7 heteroatoms. The average Bonchev–Trinajstić information content (AvgIpc) is 2.96. The lowest BCUT2D eigenvalue weighted by Gasteiger charge is -2.32. The number of hydrogen-bond donors (Lipinski definition) is 0. The van der Waals surface area contributed by atoms with Crippen molar-refractivity contribution >= 4 is 28.7 Å². The third kappa shape index (κ3) is 8.24. The molecule has 2 aliphatic heterocycles. The lowest BCUT2D eigenvalue weighted by atomic mass is 10.1. The van der Waals surface area contributed by atoms with Gasteiger partial charge in [-0.1, -0.05) is 51.1 Å². The lowest BCUT2D eigenvalue weighted by molar-refractivity contribution is 0.147. The number of benzene rings is 1. The van der Waals surface area contributed by atoms with Crippen LogP contribution in [0, 0.1) is 0 Å². The van der Waals surface area contributed by atoms with Gasteiger partial charge in [-0.3, -0.25) is 19.2 Å². The molecule has 3 aromatic rings. The Hall–Kier alpha value is -3.00. The number of likely N-dealkylation sites (N-methyl/N-ethyl adjacent to an activating group) is 1. The Labute approximate surface area is 238 Å². The van der Waals surface area contributed by atoms with Crippen LogP contribution in [0.5, 0.6) is 0 Å². The second-order valence-electron chi connectivity index (χ2n) is 9.38. The highest BCUT2D eigenvalue weighted by molar-refractivity contribution is 7.99. The van der Waals surface area contributed by atoms with Crippen LogP contribution in [0.1, 0.15) is 52.4 Å². The first-order chi connectivity index (χ1) is 19.0. The second kappa shape index (κ2) is 15.6. The minimum absolute atomic E-state index is 0.0187. The normalized spacial score (nSPS) is 15.9. The van der Waals surface area contributed by atoms with E-state index >= 15 is 0 Å². The van der Waals surface area contributed by atoms with Crippen molar-refractivity contribution in [3.05, 3.63) is 88.3 Å². The number of hydrogen-bond acceptors (Lipinski definition) is 6. The Bertz CT molecular complexity index is 1370. The molecule has 0 aliphatic carbocycles. The highest BCUT2D eigenvalue weighted by atomic mass is 32.2. The maximum Gasteiger partial charge on any atom is 0.272 e. The van der Waals surface area contributed by atoms with Crippen LogP contribution in [-0.4, -0.2) is 63.3 Å². The molecule has 0 amide bonds. The van der Waals surface area contributed by atoms with Gasteiger partial charge in [0.1, 0.15) is 6.33 Å². The molecule has 1 saturated heterocycles. The molecule has 1 fully saturated rings. The Morgan fingerprint density at radius 1 is 1.03 bits per heavy atom. The van der Waals surface area contributed by atoms with E-state index in [1.807, 2.05) is 58.0 Å². The molecule has 0 N–H and O–H groups in total. The average molecular weight is 546 g/mol. The molecule has 39 heavy (non-hydrogen) atoms. The van der Waals surface area contributed by atoms with Crippen LogP contribution in [0.15, 0.2) is 76.2 Å². The Morgan fingerprint density at radius 3 is 2.46 bits per heavy atom. The van der Waals surface area contributed by atoms with Crippen molar-refractivity contribution in [1.29, 1.82) is 0 Å². The van der Waals surface area contributed by atoms with Gasteiger partial charge in [0.15, 0.2) is 0 Å². The van der Waals surface area contributed by atoms with Crippen molar-refractivity contribution in [2.75, 3.05) is 39.0 Å². The minimum atomic E-state index is -0.0187. The number of nitrogens with zero attached hydrogens (tertiary/aromatic N) is 5. The number of pyridine rings is 1. The Morgan fingerprint density at radius 2 is 1.79 bits per heavy atom. The summed E-state index contributed by atoms with van der Waals surface area (Å²) in [4.78, 5) is 28.1. The van der Waals surface area contributed by atoms with Gasteiger partial charge >= 0.3 is 0 Å². The van der Waals surface area contributed by atoms with E-state index in [0.717, 1.165) is 72.9 Å². The molecule has 0 atom stereocenters. The van der Waals surface area contributed by atoms with E-state index in [-0.39, 0.29) is 5.56 Å². The lowest BCUT2D eigenvalue weighted by Crippen LogP contribution is -2.43. The largest absolute Gasteiger partial charge is 0.304 e. The topological polar surface area (TPSA) is 54.3 Å². The van der Waals surface area contributed by atoms with Crippen LogP contribution in [0.4, 0.5) is 0 Å². The summed E-state index contributed by atoms with van der Waals surface area (Å²) >= 11 is 1.56. The fraction of sp³-hybridized carbons (Fsp3) is 0.406. The van der Waals surface area contributed by atoms with Gasteiger partial charge in [-0.05, 0) is 63.2 Å². The Balaban J connectivity index is 0.000000542. The summed E-state index contributed by atoms with van der Waals surface area (Å²) in [6, 6.07) is 10.2. The molecular weight excluding hydrogens is 502 g/mol. The van der Waals surface area contributed by atoms with Gasteiger partial charge in [0.2, 0.25) is 0 Å². The summed E-state index contributed by atoms with van der Waals surface area (Å²) < 4.78 is 1.64. The number of allylic oxidation sites excluding steroid dienone is 4. The molecule has 0 unspecified atom stereocenters. The van der Waals surface area contributed by atoms with Crippen LogP contribution in [-0.2, 0) is 6.54 Å². The molecule has 0 bridgehead atoms. The zero-order valence-electron chi connectivity index (χ0n) is 24.4. The summed E-state index contributed by atoms with van der Waals surface area (Å²) in [5, 5.41) is 1.03. The van der Waals surface area contributed by atoms with E-state index in [9.17, 15) is 4.79 Å². The summed E-state index contributed by atoms with van der Waals surface area (Å²) in [6.07, 6.45) is 13.1. The summed E-state index contributed by atoms with van der Waals surface area (Å²) in [6.45, 7) is 15.4. The molecule has 6 nitrogen and oxygen atoms in total. The monoisotopic (exact) mass is 545 g/mol. The number of rotatable bonds is 5. The van der Waals surface area contributed by atoms with E-state index in [4.69, 9.17) is 4.98 Å². The maximum absolute atomic E-state index is 13.1. The van der Waals surface area contributed by atoms with Crippen LogP contribution < -0.4 is 5.56 Å². The van der Waals surface area contributed by atoms with E-state index < -0.39 is 0 Å². The molecule has 0 spiro atoms. The smallest absolute Gasteiger partial charge is 0.272 e. The Kier molecular flexibility index (Phi) is 12.2. The predicted octanol–water partition coefficient (Wildman–Crippen LogP) is 6.59. The van der Waals surface area contributed by atoms with Crippen molar-refractivity contribution in [3.8, 4) is 5.69 Å². The number of piperazine rings is 1. The fourth-order valence-electron chi connectivity index (χ4n) is 4.42. The summed E-state index contributed by atoms with van der Waals surface area (Å²) in [7, 11) is 2.17. The number of fused-ring (bicyclic) bond motifs is 2. The summed E-state index contributed by atoms with van der Waals surface area (Å²) in [5.74, 6) is 0.788. The maximum atomic E-state index is 13.1. The first kappa shape index (κ1) is 30.5. The highest BCUT2D eigenvalue weighted by Crippen LogP contribution is 2.28. The zero-order chi connectivity index (χ0) is 28.2. The van der Waals surface area contributed by atoms with Gasteiger partial charge in [-0.2, -0.15) is 0 Å². The highest BCUT2D eigenvalue weighted by Gasteiger charge is 2.17. The van der Waals surface area contributed by atoms with Crippen molar-refractivity contribution < 1.29 is 0 Å². The summed E-state index contributed by atoms with van der Waals surface area (Å²) in [5.41, 5.74) is 4.77. The molecule has 1 aromatic carbocycles. The number of thioether (sulfide) groups is 1. The van der Waals surface area contributed by atoms with Gasteiger partial charge in [0.05, 0.1) is 27.5 Å². The molecule has 2 aliphatic rings.